The van der Waals surface area contributed by atoms with Gasteiger partial charge in [0.25, 0.3) is 0 Å². The highest BCUT2D eigenvalue weighted by atomic mass is 14.4. The summed E-state index contributed by atoms with van der Waals surface area (Å²) in [6.07, 6.45) is 23.1. The third kappa shape index (κ3) is 6.61. The van der Waals surface area contributed by atoms with Crippen molar-refractivity contribution in [3.05, 3.63) is 22.8 Å². The molecule has 1 aliphatic carbocycles. The molecule has 0 heteroatoms. The van der Waals surface area contributed by atoms with E-state index in [1.165, 1.54) is 96.3 Å². The Bertz CT molecular complexity index is 402. The van der Waals surface area contributed by atoms with E-state index in [4.69, 9.17) is 0 Å². The van der Waals surface area contributed by atoms with Crippen LogP contribution in [0.3, 0.4) is 0 Å². The molecule has 0 spiro atoms. The first kappa shape index (κ1) is 22.5. The van der Waals surface area contributed by atoms with Gasteiger partial charge in [-0.2, -0.15) is 0 Å². The summed E-state index contributed by atoms with van der Waals surface area (Å²) in [6.45, 7) is 11.8. The Morgan fingerprint density at radius 3 is 1.60 bits per heavy atom. The zero-order valence-corrected chi connectivity index (χ0v) is 18.2. The average Bonchev–Trinajstić information content (AvgIpc) is 2.92. The zero-order valence-electron chi connectivity index (χ0n) is 18.2. The molecule has 0 radical (unpaired) electrons. The molecule has 0 bridgehead atoms. The van der Waals surface area contributed by atoms with Crippen LogP contribution < -0.4 is 0 Å². The summed E-state index contributed by atoms with van der Waals surface area (Å²) in [7, 11) is 0. The molecule has 0 aromatic carbocycles. The maximum atomic E-state index is 2.80. The lowest BCUT2D eigenvalue weighted by atomic mass is 9.72. The summed E-state index contributed by atoms with van der Waals surface area (Å²) in [5.74, 6) is 0. The number of rotatable bonds is 15. The van der Waals surface area contributed by atoms with Crippen LogP contribution in [0.5, 0.6) is 0 Å². The van der Waals surface area contributed by atoms with E-state index in [1.807, 2.05) is 11.1 Å². The maximum Gasteiger partial charge on any atom is 0.0102 e. The van der Waals surface area contributed by atoms with Gasteiger partial charge in [0.15, 0.2) is 0 Å². The minimum atomic E-state index is 0.424. The smallest absolute Gasteiger partial charge is 0.0102 e. The first-order valence-electron chi connectivity index (χ1n) is 11.6. The molecule has 0 atom stereocenters. The molecule has 0 nitrogen and oxygen atoms in total. The van der Waals surface area contributed by atoms with E-state index in [1.54, 1.807) is 5.57 Å². The van der Waals surface area contributed by atoms with Gasteiger partial charge < -0.3 is 0 Å². The Morgan fingerprint density at radius 1 is 0.600 bits per heavy atom. The van der Waals surface area contributed by atoms with Crippen LogP contribution in [-0.2, 0) is 0 Å². The van der Waals surface area contributed by atoms with Gasteiger partial charge >= 0.3 is 0 Å². The Kier molecular flexibility index (Phi) is 11.5. The largest absolute Gasteiger partial charge is 0.0708 e. The highest BCUT2D eigenvalue weighted by Gasteiger charge is 2.37. The summed E-state index contributed by atoms with van der Waals surface area (Å²) in [5.41, 5.74) is 5.88. The van der Waals surface area contributed by atoms with E-state index in [2.05, 4.69) is 40.7 Å². The fourth-order valence-electron chi connectivity index (χ4n) is 4.57. The molecule has 0 unspecified atom stereocenters. The average molecular weight is 347 g/mol. The van der Waals surface area contributed by atoms with Gasteiger partial charge in [0.05, 0.1) is 0 Å². The maximum absolute atomic E-state index is 2.80. The summed E-state index contributed by atoms with van der Waals surface area (Å²) >= 11 is 0. The first-order chi connectivity index (χ1) is 12.2. The molecule has 0 aromatic rings. The Hall–Kier alpha value is -0.520. The molecule has 0 heterocycles. The number of hydrogen-bond acceptors (Lipinski definition) is 0. The first-order valence-corrected chi connectivity index (χ1v) is 11.6. The normalized spacial score (nSPS) is 16.6. The van der Waals surface area contributed by atoms with E-state index in [9.17, 15) is 0 Å². The van der Waals surface area contributed by atoms with Crippen molar-refractivity contribution in [2.45, 2.75) is 131 Å². The van der Waals surface area contributed by atoms with Crippen molar-refractivity contribution in [1.29, 1.82) is 0 Å². The second kappa shape index (κ2) is 12.8. The highest BCUT2D eigenvalue weighted by Crippen LogP contribution is 2.52. The van der Waals surface area contributed by atoms with E-state index in [0.717, 1.165) is 0 Å². The summed E-state index contributed by atoms with van der Waals surface area (Å²) in [4.78, 5) is 0. The van der Waals surface area contributed by atoms with Crippen molar-refractivity contribution < 1.29 is 0 Å². The van der Waals surface area contributed by atoms with Crippen LogP contribution in [0.15, 0.2) is 22.8 Å². The third-order valence-corrected chi connectivity index (χ3v) is 6.12. The van der Waals surface area contributed by atoms with Crippen molar-refractivity contribution in [3.63, 3.8) is 0 Å². The van der Waals surface area contributed by atoms with Crippen molar-refractivity contribution in [2.75, 3.05) is 0 Å². The van der Waals surface area contributed by atoms with Gasteiger partial charge in [-0.05, 0) is 62.5 Å². The SMILES string of the molecule is CCCCC1=CC(CCCC)(CCCC)C(CCCC)=C1CCCC. The van der Waals surface area contributed by atoms with E-state index in [0.29, 0.717) is 5.41 Å². The highest BCUT2D eigenvalue weighted by molar-refractivity contribution is 5.48. The Morgan fingerprint density at radius 2 is 1.08 bits per heavy atom. The summed E-state index contributed by atoms with van der Waals surface area (Å²) in [5, 5.41) is 0. The van der Waals surface area contributed by atoms with Crippen LogP contribution in [0, 0.1) is 5.41 Å². The fourth-order valence-corrected chi connectivity index (χ4v) is 4.57. The third-order valence-electron chi connectivity index (χ3n) is 6.12. The fraction of sp³-hybridized carbons (Fsp3) is 0.840. The van der Waals surface area contributed by atoms with Crippen LogP contribution in [-0.4, -0.2) is 0 Å². The molecule has 0 aromatic heterocycles. The zero-order chi connectivity index (χ0) is 18.5. The molecule has 0 N–H and O–H groups in total. The molecule has 0 amide bonds. The lowest BCUT2D eigenvalue weighted by Gasteiger charge is -2.32. The lowest BCUT2D eigenvalue weighted by molar-refractivity contribution is 0.353. The van der Waals surface area contributed by atoms with Crippen LogP contribution in [0.2, 0.25) is 0 Å². The van der Waals surface area contributed by atoms with Gasteiger partial charge in [0.1, 0.15) is 0 Å². The molecule has 0 saturated heterocycles. The van der Waals surface area contributed by atoms with Gasteiger partial charge in [-0.1, -0.05) is 91.2 Å². The summed E-state index contributed by atoms with van der Waals surface area (Å²) in [6, 6.07) is 0. The lowest BCUT2D eigenvalue weighted by Crippen LogP contribution is -2.20. The topological polar surface area (TPSA) is 0 Å². The van der Waals surface area contributed by atoms with Crippen molar-refractivity contribution in [3.8, 4) is 0 Å². The molecule has 1 rings (SSSR count). The molecule has 0 fully saturated rings. The Labute approximate surface area is 159 Å². The second-order valence-electron chi connectivity index (χ2n) is 8.30. The van der Waals surface area contributed by atoms with Gasteiger partial charge in [0, 0.05) is 5.41 Å². The number of hydrogen-bond donors (Lipinski definition) is 0. The van der Waals surface area contributed by atoms with Crippen LogP contribution >= 0.6 is 0 Å². The predicted octanol–water partition coefficient (Wildman–Crippen LogP) is 9.16. The van der Waals surface area contributed by atoms with Crippen LogP contribution in [0.4, 0.5) is 0 Å². The molecular weight excluding hydrogens is 300 g/mol. The molecule has 25 heavy (non-hydrogen) atoms. The minimum absolute atomic E-state index is 0.424. The van der Waals surface area contributed by atoms with E-state index >= 15 is 0 Å². The molecule has 0 aliphatic heterocycles. The number of unbranched alkanes of at least 4 members (excludes halogenated alkanes) is 5. The molecular formula is C25H46. The van der Waals surface area contributed by atoms with Crippen LogP contribution in [0.25, 0.3) is 0 Å². The van der Waals surface area contributed by atoms with E-state index in [-0.39, 0.29) is 0 Å². The van der Waals surface area contributed by atoms with Crippen LogP contribution in [0.1, 0.15) is 131 Å². The van der Waals surface area contributed by atoms with Gasteiger partial charge in [0.2, 0.25) is 0 Å². The minimum Gasteiger partial charge on any atom is -0.0708 e. The second-order valence-corrected chi connectivity index (χ2v) is 8.30. The van der Waals surface area contributed by atoms with Crippen molar-refractivity contribution in [2.24, 2.45) is 5.41 Å². The molecule has 146 valence electrons. The monoisotopic (exact) mass is 346 g/mol. The quantitative estimate of drug-likeness (QED) is 0.277. The van der Waals surface area contributed by atoms with Gasteiger partial charge in [-0.15, -0.1) is 0 Å². The van der Waals surface area contributed by atoms with E-state index < -0.39 is 0 Å². The number of allylic oxidation sites excluding steroid dienone is 4. The Balaban J connectivity index is 3.23. The molecule has 0 saturated carbocycles. The van der Waals surface area contributed by atoms with Crippen molar-refractivity contribution in [1.82, 2.24) is 0 Å². The van der Waals surface area contributed by atoms with Crippen molar-refractivity contribution >= 4 is 0 Å². The predicted molar refractivity (Wildman–Crippen MR) is 115 cm³/mol. The summed E-state index contributed by atoms with van der Waals surface area (Å²) < 4.78 is 0. The van der Waals surface area contributed by atoms with Gasteiger partial charge in [-0.25, -0.2) is 0 Å². The molecule has 1 aliphatic rings. The van der Waals surface area contributed by atoms with Gasteiger partial charge in [-0.3, -0.25) is 0 Å². The standard InChI is InChI=1S/C25H46/c1-6-11-16-22-21-25(19-14-9-4,20-15-10-5)24(18-13-8-3)23(22)17-12-7-2/h21H,6-20H2,1-5H3.